The number of carbonyl (C=O) groups excluding carboxylic acids is 1. The fraction of sp³-hybridized carbons (Fsp3) is 0.350. The summed E-state index contributed by atoms with van der Waals surface area (Å²) in [4.78, 5) is 26.1. The number of likely N-dealkylation sites (N-methyl/N-ethyl adjacent to an activating group) is 1. The molecule has 138 valence electrons. The van der Waals surface area contributed by atoms with Gasteiger partial charge in [0.1, 0.15) is 11.4 Å². The highest BCUT2D eigenvalue weighted by Crippen LogP contribution is 2.35. The summed E-state index contributed by atoms with van der Waals surface area (Å²) in [7, 11) is 1.76. The van der Waals surface area contributed by atoms with Crippen molar-refractivity contribution < 1.29 is 9.53 Å². The second kappa shape index (κ2) is 6.26. The molecule has 1 saturated carbocycles. The lowest BCUT2D eigenvalue weighted by Crippen LogP contribution is -2.35. The van der Waals surface area contributed by atoms with Gasteiger partial charge in [-0.2, -0.15) is 4.98 Å². The summed E-state index contributed by atoms with van der Waals surface area (Å²) in [5.74, 6) is 1.93. The number of benzene rings is 1. The fourth-order valence-corrected chi connectivity index (χ4v) is 3.67. The van der Waals surface area contributed by atoms with Gasteiger partial charge in [0.05, 0.1) is 11.4 Å². The van der Waals surface area contributed by atoms with Crippen molar-refractivity contribution in [3.8, 4) is 5.75 Å². The summed E-state index contributed by atoms with van der Waals surface area (Å²) in [6.45, 7) is 0.0768. The summed E-state index contributed by atoms with van der Waals surface area (Å²) in [6, 6.07) is 7.71. The third-order valence-corrected chi connectivity index (χ3v) is 5.50. The Labute approximate surface area is 156 Å². The number of amides is 1. The number of aromatic nitrogens is 3. The van der Waals surface area contributed by atoms with E-state index < -0.39 is 0 Å². The van der Waals surface area contributed by atoms with Crippen LogP contribution in [0.25, 0.3) is 11.0 Å². The molecule has 3 aromatic rings. The standard InChI is InChI=1S/C20H21N5O2/c1-25-16-10-13(5-6-17(16)27-11-18(25)26)22-20-23-15(9-12-3-2-4-12)14-7-8-21-19(14)24-20/h5-8,10,12H,2-4,9,11H2,1H3,(H2,21,22,23,24). The van der Waals surface area contributed by atoms with Crippen molar-refractivity contribution in [1.29, 1.82) is 0 Å². The van der Waals surface area contributed by atoms with E-state index >= 15 is 0 Å². The molecule has 27 heavy (non-hydrogen) atoms. The molecule has 1 fully saturated rings. The van der Waals surface area contributed by atoms with Crippen molar-refractivity contribution in [3.05, 3.63) is 36.2 Å². The van der Waals surface area contributed by atoms with Gasteiger partial charge in [-0.1, -0.05) is 19.3 Å². The van der Waals surface area contributed by atoms with Crippen LogP contribution in [0.15, 0.2) is 30.5 Å². The summed E-state index contributed by atoms with van der Waals surface area (Å²) in [5, 5.41) is 4.38. The predicted molar refractivity (Wildman–Crippen MR) is 104 cm³/mol. The highest BCUT2D eigenvalue weighted by Gasteiger charge is 2.23. The molecule has 2 N–H and O–H groups in total. The molecule has 0 spiro atoms. The van der Waals surface area contributed by atoms with E-state index in [2.05, 4.69) is 15.3 Å². The highest BCUT2D eigenvalue weighted by atomic mass is 16.5. The number of anilines is 3. The quantitative estimate of drug-likeness (QED) is 0.742. The third kappa shape index (κ3) is 2.89. The van der Waals surface area contributed by atoms with Gasteiger partial charge in [-0.3, -0.25) is 4.79 Å². The van der Waals surface area contributed by atoms with Crippen LogP contribution >= 0.6 is 0 Å². The fourth-order valence-electron chi connectivity index (χ4n) is 3.67. The summed E-state index contributed by atoms with van der Waals surface area (Å²) < 4.78 is 5.48. The van der Waals surface area contributed by atoms with Crippen molar-refractivity contribution in [1.82, 2.24) is 15.0 Å². The maximum Gasteiger partial charge on any atom is 0.264 e. The number of hydrogen-bond acceptors (Lipinski definition) is 5. The molecule has 0 atom stereocenters. The summed E-state index contributed by atoms with van der Waals surface area (Å²) in [5.41, 5.74) is 3.49. The Hall–Kier alpha value is -3.09. The van der Waals surface area contributed by atoms with Crippen LogP contribution in [0.5, 0.6) is 5.75 Å². The molecule has 3 heterocycles. The molecular formula is C20H21N5O2. The largest absolute Gasteiger partial charge is 0.482 e. The topological polar surface area (TPSA) is 83.1 Å². The van der Waals surface area contributed by atoms with Gasteiger partial charge in [-0.05, 0) is 36.6 Å². The van der Waals surface area contributed by atoms with Crippen molar-refractivity contribution >= 4 is 34.3 Å². The first-order valence-electron chi connectivity index (χ1n) is 9.32. The smallest absolute Gasteiger partial charge is 0.264 e. The zero-order valence-electron chi connectivity index (χ0n) is 15.2. The number of hydrogen-bond donors (Lipinski definition) is 2. The average molecular weight is 363 g/mol. The van der Waals surface area contributed by atoms with Gasteiger partial charge in [0, 0.05) is 24.3 Å². The third-order valence-electron chi connectivity index (χ3n) is 5.50. The first-order chi connectivity index (χ1) is 13.2. The van der Waals surface area contributed by atoms with Crippen LogP contribution in [0, 0.1) is 5.92 Å². The van der Waals surface area contributed by atoms with Gasteiger partial charge in [0.25, 0.3) is 5.91 Å². The van der Waals surface area contributed by atoms with E-state index in [0.717, 1.165) is 40.4 Å². The molecule has 7 nitrogen and oxygen atoms in total. The minimum absolute atomic E-state index is 0.0634. The number of carbonyl (C=O) groups is 1. The van der Waals surface area contributed by atoms with Gasteiger partial charge in [0.2, 0.25) is 5.95 Å². The zero-order valence-corrected chi connectivity index (χ0v) is 15.2. The number of rotatable bonds is 4. The van der Waals surface area contributed by atoms with Crippen LogP contribution in [-0.4, -0.2) is 34.5 Å². The molecule has 1 aliphatic heterocycles. The van der Waals surface area contributed by atoms with E-state index in [0.29, 0.717) is 11.7 Å². The monoisotopic (exact) mass is 363 g/mol. The lowest BCUT2D eigenvalue weighted by atomic mass is 9.82. The molecule has 1 aromatic carbocycles. The van der Waals surface area contributed by atoms with Gasteiger partial charge >= 0.3 is 0 Å². The maximum atomic E-state index is 11.9. The van der Waals surface area contributed by atoms with Crippen molar-refractivity contribution in [2.75, 3.05) is 23.9 Å². The predicted octanol–water partition coefficient (Wildman–Crippen LogP) is 3.40. The Morgan fingerprint density at radius 1 is 1.30 bits per heavy atom. The number of nitrogens with zero attached hydrogens (tertiary/aromatic N) is 3. The van der Waals surface area contributed by atoms with Gasteiger partial charge in [-0.25, -0.2) is 4.98 Å². The zero-order chi connectivity index (χ0) is 18.4. The first kappa shape index (κ1) is 16.1. The van der Waals surface area contributed by atoms with Gasteiger partial charge < -0.3 is 19.9 Å². The van der Waals surface area contributed by atoms with E-state index in [1.807, 2.05) is 30.5 Å². The highest BCUT2D eigenvalue weighted by molar-refractivity contribution is 5.98. The molecule has 2 aromatic heterocycles. The SMILES string of the molecule is CN1C(=O)COc2ccc(Nc3nc(CC4CCC4)c4cc[nH]c4n3)cc21. The summed E-state index contributed by atoms with van der Waals surface area (Å²) in [6.07, 6.45) is 6.78. The number of nitrogens with one attached hydrogen (secondary N) is 2. The molecule has 0 bridgehead atoms. The second-order valence-corrected chi connectivity index (χ2v) is 7.28. The molecule has 1 aliphatic carbocycles. The van der Waals surface area contributed by atoms with Crippen molar-refractivity contribution in [2.24, 2.45) is 5.92 Å². The van der Waals surface area contributed by atoms with Crippen molar-refractivity contribution in [2.45, 2.75) is 25.7 Å². The molecule has 0 radical (unpaired) electrons. The molecule has 0 unspecified atom stereocenters. The molecule has 1 amide bonds. The van der Waals surface area contributed by atoms with Crippen LogP contribution in [0.4, 0.5) is 17.3 Å². The first-order valence-corrected chi connectivity index (χ1v) is 9.32. The number of ether oxygens (including phenoxy) is 1. The minimum Gasteiger partial charge on any atom is -0.482 e. The van der Waals surface area contributed by atoms with E-state index in [9.17, 15) is 4.79 Å². The van der Waals surface area contributed by atoms with Crippen LogP contribution in [0.3, 0.4) is 0 Å². The Kier molecular flexibility index (Phi) is 3.74. The molecule has 0 saturated heterocycles. The van der Waals surface area contributed by atoms with Crippen LogP contribution in [0.2, 0.25) is 0 Å². The molecule has 7 heteroatoms. The number of H-pyrrole nitrogens is 1. The normalized spacial score (nSPS) is 16.8. The van der Waals surface area contributed by atoms with Gasteiger partial charge in [0.15, 0.2) is 6.61 Å². The van der Waals surface area contributed by atoms with E-state index in [-0.39, 0.29) is 12.5 Å². The molecular weight excluding hydrogens is 342 g/mol. The lowest BCUT2D eigenvalue weighted by Gasteiger charge is -2.26. The Morgan fingerprint density at radius 3 is 3.00 bits per heavy atom. The maximum absolute atomic E-state index is 11.9. The Morgan fingerprint density at radius 2 is 2.19 bits per heavy atom. The molecule has 2 aliphatic rings. The van der Waals surface area contributed by atoms with Gasteiger partial charge in [-0.15, -0.1) is 0 Å². The minimum atomic E-state index is -0.0634. The number of fused-ring (bicyclic) bond motifs is 2. The van der Waals surface area contributed by atoms with Crippen LogP contribution < -0.4 is 15.0 Å². The lowest BCUT2D eigenvalue weighted by molar-refractivity contribution is -0.120. The van der Waals surface area contributed by atoms with E-state index in [1.165, 1.54) is 19.3 Å². The number of aromatic amines is 1. The van der Waals surface area contributed by atoms with Crippen molar-refractivity contribution in [3.63, 3.8) is 0 Å². The average Bonchev–Trinajstić information content (AvgIpc) is 3.10. The second-order valence-electron chi connectivity index (χ2n) is 7.28. The van der Waals surface area contributed by atoms with E-state index in [1.54, 1.807) is 11.9 Å². The Balaban J connectivity index is 1.47. The molecule has 5 rings (SSSR count). The van der Waals surface area contributed by atoms with Crippen LogP contribution in [0.1, 0.15) is 25.0 Å². The van der Waals surface area contributed by atoms with E-state index in [4.69, 9.17) is 9.72 Å². The van der Waals surface area contributed by atoms with Crippen LogP contribution in [-0.2, 0) is 11.2 Å². The Bertz CT molecular complexity index is 1020. The summed E-state index contributed by atoms with van der Waals surface area (Å²) >= 11 is 0.